The first-order chi connectivity index (χ1) is 8.75. The van der Waals surface area contributed by atoms with Gasteiger partial charge >= 0.3 is 0 Å². The van der Waals surface area contributed by atoms with Gasteiger partial charge in [-0.2, -0.15) is 0 Å². The van der Waals surface area contributed by atoms with Crippen LogP contribution >= 0.6 is 0 Å². The van der Waals surface area contributed by atoms with Gasteiger partial charge in [0.1, 0.15) is 5.82 Å². The Morgan fingerprint density at radius 2 is 2.17 bits per heavy atom. The Morgan fingerprint density at radius 3 is 2.89 bits per heavy atom. The first-order valence-corrected chi connectivity index (χ1v) is 6.90. The standard InChI is InChI=1S/C15H21N3/c1-11(16-10-9-12-7-8-12)15-17-13-5-3-4-6-14(13)18(15)2/h3-6,11-12,16H,7-10H2,1-2H3. The normalized spacial score (nSPS) is 17.2. The predicted molar refractivity (Wildman–Crippen MR) is 74.5 cm³/mol. The van der Waals surface area contributed by atoms with E-state index in [0.29, 0.717) is 6.04 Å². The van der Waals surface area contributed by atoms with Crippen LogP contribution < -0.4 is 5.32 Å². The molecule has 0 bridgehead atoms. The quantitative estimate of drug-likeness (QED) is 0.874. The summed E-state index contributed by atoms with van der Waals surface area (Å²) in [6.07, 6.45) is 4.18. The average molecular weight is 243 g/mol. The summed E-state index contributed by atoms with van der Waals surface area (Å²) < 4.78 is 2.20. The molecule has 1 N–H and O–H groups in total. The van der Waals surface area contributed by atoms with E-state index in [-0.39, 0.29) is 0 Å². The Labute approximate surface area is 108 Å². The lowest BCUT2D eigenvalue weighted by molar-refractivity contribution is 0.510. The van der Waals surface area contributed by atoms with Crippen molar-refractivity contribution in [3.8, 4) is 0 Å². The Kier molecular flexibility index (Phi) is 3.08. The summed E-state index contributed by atoms with van der Waals surface area (Å²) in [6.45, 7) is 3.31. The highest BCUT2D eigenvalue weighted by Gasteiger charge is 2.21. The SMILES string of the molecule is CC(NCCC1CC1)c1nc2ccccc2n1C. The van der Waals surface area contributed by atoms with Crippen LogP contribution in [-0.2, 0) is 7.05 Å². The maximum atomic E-state index is 4.73. The third kappa shape index (κ3) is 2.27. The summed E-state index contributed by atoms with van der Waals surface area (Å²) in [7, 11) is 2.10. The van der Waals surface area contributed by atoms with Crippen molar-refractivity contribution in [3.05, 3.63) is 30.1 Å². The van der Waals surface area contributed by atoms with E-state index in [1.807, 2.05) is 6.07 Å². The lowest BCUT2D eigenvalue weighted by atomic mass is 10.2. The fraction of sp³-hybridized carbons (Fsp3) is 0.533. The van der Waals surface area contributed by atoms with Crippen molar-refractivity contribution in [1.82, 2.24) is 14.9 Å². The van der Waals surface area contributed by atoms with Gasteiger partial charge < -0.3 is 9.88 Å². The smallest absolute Gasteiger partial charge is 0.126 e. The third-order valence-corrected chi connectivity index (χ3v) is 3.91. The molecule has 1 fully saturated rings. The maximum Gasteiger partial charge on any atom is 0.126 e. The Bertz CT molecular complexity index is 540. The first kappa shape index (κ1) is 11.7. The third-order valence-electron chi connectivity index (χ3n) is 3.91. The molecule has 1 aliphatic carbocycles. The van der Waals surface area contributed by atoms with E-state index in [0.717, 1.165) is 23.8 Å². The summed E-state index contributed by atoms with van der Waals surface area (Å²) in [5, 5.41) is 3.59. The second kappa shape index (κ2) is 4.73. The lowest BCUT2D eigenvalue weighted by Gasteiger charge is -2.13. The molecule has 96 valence electrons. The molecule has 2 aromatic rings. The van der Waals surface area contributed by atoms with E-state index >= 15 is 0 Å². The van der Waals surface area contributed by atoms with Crippen LogP contribution in [0.5, 0.6) is 0 Å². The minimum Gasteiger partial charge on any atom is -0.330 e. The first-order valence-electron chi connectivity index (χ1n) is 6.90. The van der Waals surface area contributed by atoms with Gasteiger partial charge in [-0.3, -0.25) is 0 Å². The molecule has 0 spiro atoms. The Morgan fingerprint density at radius 1 is 1.39 bits per heavy atom. The van der Waals surface area contributed by atoms with Gasteiger partial charge in [0.2, 0.25) is 0 Å². The zero-order valence-corrected chi connectivity index (χ0v) is 11.2. The van der Waals surface area contributed by atoms with E-state index in [4.69, 9.17) is 4.98 Å². The molecule has 3 heteroatoms. The number of aryl methyl sites for hydroxylation is 1. The molecule has 1 aromatic heterocycles. The molecule has 0 saturated heterocycles. The molecule has 0 amide bonds. The highest BCUT2D eigenvalue weighted by atomic mass is 15.1. The fourth-order valence-electron chi connectivity index (χ4n) is 2.55. The van der Waals surface area contributed by atoms with Gasteiger partial charge in [0, 0.05) is 7.05 Å². The molecule has 1 aromatic carbocycles. The number of aromatic nitrogens is 2. The number of imidazole rings is 1. The second-order valence-electron chi connectivity index (χ2n) is 5.43. The number of fused-ring (bicyclic) bond motifs is 1. The van der Waals surface area contributed by atoms with E-state index < -0.39 is 0 Å². The van der Waals surface area contributed by atoms with Crippen LogP contribution in [0.1, 0.15) is 38.1 Å². The topological polar surface area (TPSA) is 29.9 Å². The second-order valence-corrected chi connectivity index (χ2v) is 5.43. The largest absolute Gasteiger partial charge is 0.330 e. The van der Waals surface area contributed by atoms with Crippen molar-refractivity contribution in [3.63, 3.8) is 0 Å². The fourth-order valence-corrected chi connectivity index (χ4v) is 2.55. The average Bonchev–Trinajstić information content (AvgIpc) is 3.14. The van der Waals surface area contributed by atoms with Crippen LogP contribution in [-0.4, -0.2) is 16.1 Å². The summed E-state index contributed by atoms with van der Waals surface area (Å²) in [4.78, 5) is 4.73. The Hall–Kier alpha value is -1.35. The molecule has 1 aliphatic rings. The van der Waals surface area contributed by atoms with Crippen LogP contribution in [0.4, 0.5) is 0 Å². The van der Waals surface area contributed by atoms with E-state index in [9.17, 15) is 0 Å². The summed E-state index contributed by atoms with van der Waals surface area (Å²) >= 11 is 0. The number of nitrogens with zero attached hydrogens (tertiary/aromatic N) is 2. The molecular weight excluding hydrogens is 222 g/mol. The van der Waals surface area contributed by atoms with E-state index in [1.165, 1.54) is 24.8 Å². The van der Waals surface area contributed by atoms with Crippen molar-refractivity contribution in [2.24, 2.45) is 13.0 Å². The number of para-hydroxylation sites is 2. The number of hydrogen-bond acceptors (Lipinski definition) is 2. The van der Waals surface area contributed by atoms with E-state index in [1.54, 1.807) is 0 Å². The van der Waals surface area contributed by atoms with Gasteiger partial charge in [-0.05, 0) is 37.9 Å². The lowest BCUT2D eigenvalue weighted by Crippen LogP contribution is -2.22. The van der Waals surface area contributed by atoms with Crippen molar-refractivity contribution >= 4 is 11.0 Å². The summed E-state index contributed by atoms with van der Waals surface area (Å²) in [6, 6.07) is 8.64. The van der Waals surface area contributed by atoms with Crippen LogP contribution in [0.2, 0.25) is 0 Å². The highest BCUT2D eigenvalue weighted by Crippen LogP contribution is 2.32. The maximum absolute atomic E-state index is 4.73. The predicted octanol–water partition coefficient (Wildman–Crippen LogP) is 3.02. The highest BCUT2D eigenvalue weighted by molar-refractivity contribution is 5.75. The number of hydrogen-bond donors (Lipinski definition) is 1. The molecule has 0 aliphatic heterocycles. The molecule has 1 saturated carbocycles. The molecule has 3 rings (SSSR count). The zero-order chi connectivity index (χ0) is 12.5. The van der Waals surface area contributed by atoms with Gasteiger partial charge in [0.05, 0.1) is 17.1 Å². The Balaban J connectivity index is 1.73. The van der Waals surface area contributed by atoms with Crippen molar-refractivity contribution in [2.45, 2.75) is 32.2 Å². The molecular formula is C15H21N3. The molecule has 18 heavy (non-hydrogen) atoms. The van der Waals surface area contributed by atoms with Gasteiger partial charge in [-0.15, -0.1) is 0 Å². The number of rotatable bonds is 5. The zero-order valence-electron chi connectivity index (χ0n) is 11.2. The van der Waals surface area contributed by atoms with Crippen molar-refractivity contribution in [1.29, 1.82) is 0 Å². The van der Waals surface area contributed by atoms with Crippen LogP contribution in [0.15, 0.2) is 24.3 Å². The molecule has 1 heterocycles. The van der Waals surface area contributed by atoms with Crippen molar-refractivity contribution in [2.75, 3.05) is 6.54 Å². The summed E-state index contributed by atoms with van der Waals surface area (Å²) in [5.74, 6) is 2.12. The van der Waals surface area contributed by atoms with Gasteiger partial charge in [0.25, 0.3) is 0 Å². The van der Waals surface area contributed by atoms with Gasteiger partial charge in [0.15, 0.2) is 0 Å². The van der Waals surface area contributed by atoms with Gasteiger partial charge in [-0.1, -0.05) is 25.0 Å². The van der Waals surface area contributed by atoms with Crippen molar-refractivity contribution < 1.29 is 0 Å². The van der Waals surface area contributed by atoms with Crippen LogP contribution in [0.25, 0.3) is 11.0 Å². The van der Waals surface area contributed by atoms with E-state index in [2.05, 4.69) is 42.1 Å². The van der Waals surface area contributed by atoms with Crippen LogP contribution in [0.3, 0.4) is 0 Å². The monoisotopic (exact) mass is 243 g/mol. The molecule has 1 atom stereocenters. The minimum absolute atomic E-state index is 0.321. The molecule has 0 radical (unpaired) electrons. The minimum atomic E-state index is 0.321. The number of nitrogens with one attached hydrogen (secondary N) is 1. The van der Waals surface area contributed by atoms with Crippen LogP contribution in [0, 0.1) is 5.92 Å². The molecule has 1 unspecified atom stereocenters. The number of benzene rings is 1. The van der Waals surface area contributed by atoms with Gasteiger partial charge in [-0.25, -0.2) is 4.98 Å². The molecule has 3 nitrogen and oxygen atoms in total. The summed E-state index contributed by atoms with van der Waals surface area (Å²) in [5.41, 5.74) is 2.30.